The third-order valence-electron chi connectivity index (χ3n) is 3.99. The number of carbonyl (C=O) groups is 1. The van der Waals surface area contributed by atoms with Crippen molar-refractivity contribution in [3.63, 3.8) is 0 Å². The van der Waals surface area contributed by atoms with E-state index in [0.29, 0.717) is 38.3 Å². The molecular weight excluding hydrogens is 470 g/mol. The molecule has 1 fully saturated rings. The number of nitrogens with zero attached hydrogens (tertiary/aromatic N) is 1. The van der Waals surface area contributed by atoms with Crippen LogP contribution in [0.2, 0.25) is 0 Å². The summed E-state index contributed by atoms with van der Waals surface area (Å²) < 4.78 is 12.5. The first-order valence-electron chi connectivity index (χ1n) is 8.85. The van der Waals surface area contributed by atoms with Gasteiger partial charge in [0, 0.05) is 0 Å². The summed E-state index contributed by atoms with van der Waals surface area (Å²) in [4.78, 5) is 15.1. The van der Waals surface area contributed by atoms with Gasteiger partial charge in [-0.3, -0.25) is 9.69 Å². The lowest BCUT2D eigenvalue weighted by molar-refractivity contribution is -0.122. The summed E-state index contributed by atoms with van der Waals surface area (Å²) in [5.41, 5.74) is 1.83. The second-order valence-electron chi connectivity index (χ2n) is 6.01. The van der Waals surface area contributed by atoms with E-state index in [-0.39, 0.29) is 12.5 Å². The van der Waals surface area contributed by atoms with E-state index in [9.17, 15) is 4.79 Å². The number of benzene rings is 2. The molecule has 0 unspecified atom stereocenters. The predicted octanol–water partition coefficient (Wildman–Crippen LogP) is 5.26. The second-order valence-corrected chi connectivity index (χ2v) is 8.54. The van der Waals surface area contributed by atoms with E-state index in [2.05, 4.69) is 21.9 Å². The lowest BCUT2D eigenvalue weighted by atomic mass is 10.1. The number of carbonyl (C=O) groups excluding carboxylic acids is 1. The number of hydrogen-bond donors (Lipinski definition) is 0. The summed E-state index contributed by atoms with van der Waals surface area (Å²) in [6, 6.07) is 13.5. The molecule has 1 heterocycles. The van der Waals surface area contributed by atoms with Gasteiger partial charge >= 0.3 is 0 Å². The van der Waals surface area contributed by atoms with Gasteiger partial charge in [-0.2, -0.15) is 0 Å². The van der Waals surface area contributed by atoms with E-state index in [1.807, 2.05) is 55.5 Å². The summed E-state index contributed by atoms with van der Waals surface area (Å²) in [7, 11) is 0. The molecule has 29 heavy (non-hydrogen) atoms. The zero-order valence-electron chi connectivity index (χ0n) is 15.7. The first-order chi connectivity index (χ1) is 14.0. The maximum absolute atomic E-state index is 12.9. The Kier molecular flexibility index (Phi) is 7.37. The molecule has 2 aromatic rings. The van der Waals surface area contributed by atoms with E-state index in [0.717, 1.165) is 11.1 Å². The van der Waals surface area contributed by atoms with Crippen LogP contribution in [-0.4, -0.2) is 28.3 Å². The number of terminal acetylenes is 1. The standard InChI is InChI=1S/C22H18BrNO3S2/c1-3-10-27-20-17(23)11-16(12-18(20)26-4-2)13-19-21(25)24(22(28)29-19)14-15-8-6-5-7-9-15/h1,5-9,11-13H,4,10,14H2,2H3. The van der Waals surface area contributed by atoms with Crippen molar-refractivity contribution < 1.29 is 14.3 Å². The number of rotatable bonds is 7. The maximum Gasteiger partial charge on any atom is 0.266 e. The lowest BCUT2D eigenvalue weighted by Gasteiger charge is -2.14. The van der Waals surface area contributed by atoms with Crippen LogP contribution in [0.25, 0.3) is 6.08 Å². The number of amides is 1. The van der Waals surface area contributed by atoms with Gasteiger partial charge in [0.1, 0.15) is 10.9 Å². The molecule has 1 amide bonds. The summed E-state index contributed by atoms with van der Waals surface area (Å²) in [6.07, 6.45) is 7.10. The molecule has 1 aliphatic heterocycles. The predicted molar refractivity (Wildman–Crippen MR) is 125 cm³/mol. The smallest absolute Gasteiger partial charge is 0.266 e. The average molecular weight is 488 g/mol. The Bertz CT molecular complexity index is 999. The molecule has 0 spiro atoms. The van der Waals surface area contributed by atoms with Crippen LogP contribution in [-0.2, 0) is 11.3 Å². The van der Waals surface area contributed by atoms with Crippen molar-refractivity contribution in [2.24, 2.45) is 0 Å². The molecule has 1 aliphatic rings. The van der Waals surface area contributed by atoms with Gasteiger partial charge in [0.05, 0.1) is 22.5 Å². The van der Waals surface area contributed by atoms with Crippen LogP contribution in [0.4, 0.5) is 0 Å². The van der Waals surface area contributed by atoms with Crippen molar-refractivity contribution in [1.82, 2.24) is 4.90 Å². The second kappa shape index (κ2) is 9.97. The van der Waals surface area contributed by atoms with Gasteiger partial charge < -0.3 is 9.47 Å². The molecule has 0 aromatic heterocycles. The number of thiocarbonyl (C=S) groups is 1. The van der Waals surface area contributed by atoms with Crippen molar-refractivity contribution in [2.75, 3.05) is 13.2 Å². The highest BCUT2D eigenvalue weighted by Crippen LogP contribution is 2.39. The van der Waals surface area contributed by atoms with Gasteiger partial charge in [-0.15, -0.1) is 6.42 Å². The highest BCUT2D eigenvalue weighted by Gasteiger charge is 2.32. The Morgan fingerprint density at radius 3 is 2.72 bits per heavy atom. The van der Waals surface area contributed by atoms with Crippen LogP contribution in [0.5, 0.6) is 11.5 Å². The zero-order valence-corrected chi connectivity index (χ0v) is 18.9. The Balaban J connectivity index is 1.86. The monoisotopic (exact) mass is 487 g/mol. The third kappa shape index (κ3) is 5.21. The number of ether oxygens (including phenoxy) is 2. The number of halogens is 1. The fraction of sp³-hybridized carbons (Fsp3) is 0.182. The van der Waals surface area contributed by atoms with Crippen molar-refractivity contribution in [2.45, 2.75) is 13.5 Å². The molecule has 0 bridgehead atoms. The first kappa shape index (κ1) is 21.4. The highest BCUT2D eigenvalue weighted by atomic mass is 79.9. The molecule has 4 nitrogen and oxygen atoms in total. The van der Waals surface area contributed by atoms with E-state index in [4.69, 9.17) is 28.1 Å². The van der Waals surface area contributed by atoms with Gasteiger partial charge in [0.15, 0.2) is 11.5 Å². The minimum Gasteiger partial charge on any atom is -0.490 e. The van der Waals surface area contributed by atoms with Crippen molar-refractivity contribution >= 4 is 56.2 Å². The molecule has 2 aromatic carbocycles. The molecule has 7 heteroatoms. The van der Waals surface area contributed by atoms with Crippen LogP contribution in [0.1, 0.15) is 18.1 Å². The Hall–Kier alpha value is -2.27. The van der Waals surface area contributed by atoms with Crippen LogP contribution in [0.15, 0.2) is 51.8 Å². The highest BCUT2D eigenvalue weighted by molar-refractivity contribution is 9.10. The number of thioether (sulfide) groups is 1. The fourth-order valence-corrected chi connectivity index (χ4v) is 4.57. The normalized spacial score (nSPS) is 14.9. The van der Waals surface area contributed by atoms with Crippen LogP contribution in [0, 0.1) is 12.3 Å². The molecule has 3 rings (SSSR count). The molecule has 0 N–H and O–H groups in total. The van der Waals surface area contributed by atoms with E-state index in [1.165, 1.54) is 11.8 Å². The van der Waals surface area contributed by atoms with Crippen molar-refractivity contribution in [3.8, 4) is 23.8 Å². The lowest BCUT2D eigenvalue weighted by Crippen LogP contribution is -2.27. The molecule has 0 radical (unpaired) electrons. The summed E-state index contributed by atoms with van der Waals surface area (Å²) in [5, 5.41) is 0. The van der Waals surface area contributed by atoms with Crippen molar-refractivity contribution in [1.29, 1.82) is 0 Å². The zero-order chi connectivity index (χ0) is 20.8. The first-order valence-corrected chi connectivity index (χ1v) is 10.9. The van der Waals surface area contributed by atoms with Gasteiger partial charge in [-0.1, -0.05) is 60.2 Å². The van der Waals surface area contributed by atoms with E-state index >= 15 is 0 Å². The topological polar surface area (TPSA) is 38.8 Å². The van der Waals surface area contributed by atoms with E-state index in [1.54, 1.807) is 4.90 Å². The fourth-order valence-electron chi connectivity index (χ4n) is 2.74. The molecule has 1 saturated heterocycles. The molecule has 0 saturated carbocycles. The Labute approximate surface area is 188 Å². The summed E-state index contributed by atoms with van der Waals surface area (Å²) >= 11 is 10.2. The third-order valence-corrected chi connectivity index (χ3v) is 5.95. The maximum atomic E-state index is 12.9. The minimum absolute atomic E-state index is 0.106. The SMILES string of the molecule is C#CCOc1c(Br)cc(C=C2SC(=S)N(Cc3ccccc3)C2=O)cc1OCC. The van der Waals surface area contributed by atoms with Gasteiger partial charge in [0.2, 0.25) is 0 Å². The molecule has 148 valence electrons. The Morgan fingerprint density at radius 1 is 1.28 bits per heavy atom. The molecule has 0 aliphatic carbocycles. The van der Waals surface area contributed by atoms with Gasteiger partial charge in [-0.05, 0) is 52.2 Å². The van der Waals surface area contributed by atoms with Crippen molar-refractivity contribution in [3.05, 3.63) is 63.0 Å². The average Bonchev–Trinajstić information content (AvgIpc) is 2.96. The number of hydrogen-bond acceptors (Lipinski definition) is 5. The van der Waals surface area contributed by atoms with Crippen LogP contribution in [0.3, 0.4) is 0 Å². The quantitative estimate of drug-likeness (QED) is 0.302. The minimum atomic E-state index is -0.106. The summed E-state index contributed by atoms with van der Waals surface area (Å²) in [5.74, 6) is 3.44. The van der Waals surface area contributed by atoms with Gasteiger partial charge in [0.25, 0.3) is 5.91 Å². The molecular formula is C22H18BrNO3S2. The van der Waals surface area contributed by atoms with E-state index < -0.39 is 0 Å². The van der Waals surface area contributed by atoms with Crippen LogP contribution >= 0.6 is 39.9 Å². The largest absolute Gasteiger partial charge is 0.490 e. The molecule has 0 atom stereocenters. The summed E-state index contributed by atoms with van der Waals surface area (Å²) in [6.45, 7) is 2.95. The Morgan fingerprint density at radius 2 is 2.03 bits per heavy atom. The van der Waals surface area contributed by atoms with Gasteiger partial charge in [-0.25, -0.2) is 0 Å². The van der Waals surface area contributed by atoms with Crippen LogP contribution < -0.4 is 9.47 Å².